The van der Waals surface area contributed by atoms with Crippen molar-refractivity contribution in [3.63, 3.8) is 0 Å². The lowest BCUT2D eigenvalue weighted by molar-refractivity contribution is -0.149. The van der Waals surface area contributed by atoms with Gasteiger partial charge in [-0.2, -0.15) is 5.09 Å². The molecule has 1 saturated heterocycles. The summed E-state index contributed by atoms with van der Waals surface area (Å²) < 4.78 is 66.6. The zero-order valence-electron chi connectivity index (χ0n) is 23.1. The molecule has 0 spiro atoms. The lowest BCUT2D eigenvalue weighted by Gasteiger charge is -2.33. The van der Waals surface area contributed by atoms with Crippen LogP contribution in [0.25, 0.3) is 10.9 Å². The van der Waals surface area contributed by atoms with Crippen molar-refractivity contribution in [2.45, 2.75) is 70.9 Å². The molecule has 2 aromatic rings. The van der Waals surface area contributed by atoms with E-state index >= 15 is 8.78 Å². The summed E-state index contributed by atoms with van der Waals surface area (Å²) in [4.78, 5) is 28.7. The number of ether oxygens (including phenoxy) is 2. The average Bonchev–Trinajstić information content (AvgIpc) is 3.36. The van der Waals surface area contributed by atoms with Crippen molar-refractivity contribution in [2.75, 3.05) is 6.61 Å². The van der Waals surface area contributed by atoms with Crippen molar-refractivity contribution in [3.05, 3.63) is 54.3 Å². The molecule has 0 aliphatic carbocycles. The molecule has 2 amide bonds. The van der Waals surface area contributed by atoms with E-state index in [9.17, 15) is 19.3 Å². The summed E-state index contributed by atoms with van der Waals surface area (Å²) in [6.45, 7) is 10.2. The zero-order chi connectivity index (χ0) is 30.3. The summed E-state index contributed by atoms with van der Waals surface area (Å²) in [5, 5.41) is 15.7. The molecule has 6 atom stereocenters. The van der Waals surface area contributed by atoms with Gasteiger partial charge in [-0.3, -0.25) is 14.2 Å². The van der Waals surface area contributed by atoms with Crippen molar-refractivity contribution < 1.29 is 46.6 Å². The van der Waals surface area contributed by atoms with Gasteiger partial charge in [0.05, 0.1) is 12.7 Å². The average molecular weight is 599 g/mol. The minimum Gasteiger partial charge on any atom is -0.462 e. The van der Waals surface area contributed by atoms with E-state index in [4.69, 9.17) is 18.5 Å². The standard InChI is InChI=1S/C26H33F2N4O8P/c1-13(2)38-23(34)16(5)31-41(36,40-19-8-7-18-17(21(19)27)11-15(4)29-18)37-12-20-22(33)26(6,28)24(39-20)32-10-9-14(3)30-25(32)35/h7-11,13,16,20,22,24,29,33H,3,12H2,1-2,4-6H3,(H,30,35)(H,31,36)/t16-,20+,22+,24+,26+,41?/m0/s1. The number of carbonyl (C=O) groups excluding carboxylic acids is 2. The maximum atomic E-state index is 15.6. The van der Waals surface area contributed by atoms with Crippen molar-refractivity contribution in [3.8, 4) is 5.75 Å². The molecule has 224 valence electrons. The minimum atomic E-state index is -4.62. The van der Waals surface area contributed by atoms with Gasteiger partial charge in [-0.25, -0.2) is 18.1 Å². The van der Waals surface area contributed by atoms with Crippen LogP contribution in [-0.2, 0) is 23.4 Å². The van der Waals surface area contributed by atoms with Gasteiger partial charge in [0.1, 0.15) is 18.2 Å². The van der Waals surface area contributed by atoms with E-state index in [1.807, 2.05) is 0 Å². The number of allylic oxidation sites excluding steroid dienone is 1. The van der Waals surface area contributed by atoms with Crippen LogP contribution in [0.15, 0.2) is 42.8 Å². The van der Waals surface area contributed by atoms with Crippen LogP contribution >= 0.6 is 7.75 Å². The van der Waals surface area contributed by atoms with Gasteiger partial charge < -0.3 is 29.4 Å². The summed E-state index contributed by atoms with van der Waals surface area (Å²) in [5.74, 6) is -2.08. The highest BCUT2D eigenvalue weighted by atomic mass is 31.2. The Morgan fingerprint density at radius 1 is 1.37 bits per heavy atom. The number of halogens is 2. The number of rotatable bonds is 10. The van der Waals surface area contributed by atoms with E-state index in [1.54, 1.807) is 20.8 Å². The fourth-order valence-corrected chi connectivity index (χ4v) is 5.89. The molecule has 4 N–H and O–H groups in total. The lowest BCUT2D eigenvalue weighted by Crippen LogP contribution is -2.53. The van der Waals surface area contributed by atoms with E-state index in [-0.39, 0.29) is 11.1 Å². The van der Waals surface area contributed by atoms with Gasteiger partial charge in [-0.05, 0) is 58.9 Å². The summed E-state index contributed by atoms with van der Waals surface area (Å²) >= 11 is 0. The number of carbonyl (C=O) groups is 2. The van der Waals surface area contributed by atoms with E-state index in [0.717, 1.165) is 11.8 Å². The molecular weight excluding hydrogens is 565 g/mol. The predicted molar refractivity (Wildman–Crippen MR) is 144 cm³/mol. The first-order chi connectivity index (χ1) is 19.1. The van der Waals surface area contributed by atoms with Crippen LogP contribution in [0.5, 0.6) is 5.75 Å². The molecule has 1 unspecified atom stereocenters. The van der Waals surface area contributed by atoms with Crippen molar-refractivity contribution >= 4 is 30.6 Å². The number of aliphatic hydroxyl groups is 1. The van der Waals surface area contributed by atoms with Crippen LogP contribution < -0.4 is 14.9 Å². The van der Waals surface area contributed by atoms with Gasteiger partial charge in [0.25, 0.3) is 0 Å². The van der Waals surface area contributed by atoms with Crippen LogP contribution in [0.2, 0.25) is 0 Å². The zero-order valence-corrected chi connectivity index (χ0v) is 24.0. The molecule has 4 rings (SSSR count). The third-order valence-electron chi connectivity index (χ3n) is 6.43. The normalized spacial score (nSPS) is 26.8. The van der Waals surface area contributed by atoms with Crippen LogP contribution in [-0.4, -0.2) is 69.8 Å². The summed E-state index contributed by atoms with van der Waals surface area (Å²) in [6, 6.07) is 2.29. The molecule has 2 aliphatic rings. The number of nitrogens with zero attached hydrogens (tertiary/aromatic N) is 1. The predicted octanol–water partition coefficient (Wildman–Crippen LogP) is 3.92. The number of aryl methyl sites for hydroxylation is 1. The molecular formula is C26H33F2N4O8P. The Balaban J connectivity index is 1.57. The third-order valence-corrected chi connectivity index (χ3v) is 8.06. The highest BCUT2D eigenvalue weighted by molar-refractivity contribution is 7.52. The van der Waals surface area contributed by atoms with Gasteiger partial charge in [-0.1, -0.05) is 6.58 Å². The monoisotopic (exact) mass is 598 g/mol. The first-order valence-corrected chi connectivity index (χ1v) is 14.3. The highest BCUT2D eigenvalue weighted by Gasteiger charge is 2.57. The molecule has 41 heavy (non-hydrogen) atoms. The number of hydrogen-bond donors (Lipinski definition) is 4. The molecule has 0 bridgehead atoms. The smallest absolute Gasteiger partial charge is 0.459 e. The van der Waals surface area contributed by atoms with E-state index in [0.29, 0.717) is 11.2 Å². The number of fused-ring (bicyclic) bond motifs is 1. The molecule has 1 aromatic heterocycles. The molecule has 0 saturated carbocycles. The Labute approximate surface area is 235 Å². The van der Waals surface area contributed by atoms with Crippen LogP contribution in [0.1, 0.15) is 33.4 Å². The molecule has 0 radical (unpaired) electrons. The van der Waals surface area contributed by atoms with Gasteiger partial charge in [0, 0.05) is 28.5 Å². The second kappa shape index (κ2) is 11.5. The highest BCUT2D eigenvalue weighted by Crippen LogP contribution is 2.48. The second-order valence-corrected chi connectivity index (χ2v) is 12.0. The number of urea groups is 1. The Hall–Kier alpha value is -3.29. The number of amides is 2. The summed E-state index contributed by atoms with van der Waals surface area (Å²) in [5.41, 5.74) is -1.05. The third kappa shape index (κ3) is 6.47. The SMILES string of the molecule is C=C1C=CN([C@@H]2O[C@H](COP(=O)(N[C@@H](C)C(=O)OC(C)C)Oc3ccc4[nH]c(C)cc4c3F)[C@@H](O)[C@@]2(C)F)C(=O)N1. The van der Waals surface area contributed by atoms with Crippen molar-refractivity contribution in [1.29, 1.82) is 0 Å². The number of aromatic nitrogens is 1. The molecule has 15 heteroatoms. The van der Waals surface area contributed by atoms with Crippen molar-refractivity contribution in [1.82, 2.24) is 20.3 Å². The number of H-pyrrole nitrogens is 1. The number of benzene rings is 1. The molecule has 2 aliphatic heterocycles. The van der Waals surface area contributed by atoms with Crippen molar-refractivity contribution in [2.24, 2.45) is 0 Å². The number of nitrogens with one attached hydrogen (secondary N) is 3. The summed E-state index contributed by atoms with van der Waals surface area (Å²) in [7, 11) is -4.62. The van der Waals surface area contributed by atoms with Crippen LogP contribution in [0.3, 0.4) is 0 Å². The number of esters is 1. The Kier molecular flexibility index (Phi) is 8.63. The fraction of sp³-hybridized carbons (Fsp3) is 0.462. The molecule has 1 aromatic carbocycles. The van der Waals surface area contributed by atoms with Gasteiger partial charge in [0.2, 0.25) is 0 Å². The lowest BCUT2D eigenvalue weighted by atomic mass is 9.98. The topological polar surface area (TPSA) is 151 Å². The number of hydrogen-bond acceptors (Lipinski definition) is 8. The molecule has 12 nitrogen and oxygen atoms in total. The van der Waals surface area contributed by atoms with E-state index < -0.39 is 74.2 Å². The largest absolute Gasteiger partial charge is 0.462 e. The Bertz CT molecular complexity index is 1430. The summed E-state index contributed by atoms with van der Waals surface area (Å²) in [6.07, 6.45) is -2.69. The molecule has 3 heterocycles. The van der Waals surface area contributed by atoms with Gasteiger partial charge in [-0.15, -0.1) is 0 Å². The second-order valence-electron chi connectivity index (χ2n) is 10.3. The Morgan fingerprint density at radius 3 is 2.73 bits per heavy atom. The van der Waals surface area contributed by atoms with Crippen LogP contribution in [0, 0.1) is 12.7 Å². The minimum absolute atomic E-state index is 0.167. The van der Waals surface area contributed by atoms with Gasteiger partial charge in [0.15, 0.2) is 23.5 Å². The molecule has 1 fully saturated rings. The number of aliphatic hydroxyl groups excluding tert-OH is 1. The maximum Gasteiger partial charge on any atom is 0.459 e. The number of alkyl halides is 1. The maximum absolute atomic E-state index is 15.6. The van der Waals surface area contributed by atoms with Crippen LogP contribution in [0.4, 0.5) is 13.6 Å². The van der Waals surface area contributed by atoms with E-state index in [1.165, 1.54) is 37.4 Å². The first-order valence-electron chi connectivity index (χ1n) is 12.8. The first kappa shape index (κ1) is 30.7. The Morgan fingerprint density at radius 2 is 2.07 bits per heavy atom. The van der Waals surface area contributed by atoms with Gasteiger partial charge >= 0.3 is 19.7 Å². The quantitative estimate of drug-likeness (QED) is 0.236. The number of aromatic amines is 1. The van der Waals surface area contributed by atoms with E-state index in [2.05, 4.69) is 22.0 Å². The fourth-order valence-electron chi connectivity index (χ4n) is 4.39.